The van der Waals surface area contributed by atoms with Crippen LogP contribution in [0.3, 0.4) is 0 Å². The lowest BCUT2D eigenvalue weighted by Gasteiger charge is -2.15. The molecule has 0 heterocycles. The zero-order valence-electron chi connectivity index (χ0n) is 9.25. The monoisotopic (exact) mass is 317 g/mol. The van der Waals surface area contributed by atoms with Gasteiger partial charge in [-0.3, -0.25) is 4.79 Å². The van der Waals surface area contributed by atoms with E-state index in [1.54, 1.807) is 0 Å². The van der Waals surface area contributed by atoms with E-state index < -0.39 is 0 Å². The molecule has 0 saturated heterocycles. The Hall–Kier alpha value is -0.580. The molecule has 15 heavy (non-hydrogen) atoms. The first-order valence-electron chi connectivity index (χ1n) is 5.07. The van der Waals surface area contributed by atoms with Gasteiger partial charge in [0.05, 0.1) is 5.69 Å². The van der Waals surface area contributed by atoms with E-state index in [1.165, 1.54) is 0 Å². The average molecular weight is 317 g/mol. The Morgan fingerprint density at radius 2 is 1.87 bits per heavy atom. The summed E-state index contributed by atoms with van der Waals surface area (Å²) in [5, 5.41) is 2.94. The SMILES string of the molecule is CC(C)C(C)C(=O)Nc1ccccc1I. The van der Waals surface area contributed by atoms with Crippen molar-refractivity contribution in [3.05, 3.63) is 27.8 Å². The van der Waals surface area contributed by atoms with Crippen molar-refractivity contribution < 1.29 is 4.79 Å². The molecule has 0 spiro atoms. The van der Waals surface area contributed by atoms with Crippen LogP contribution in [-0.2, 0) is 4.79 Å². The van der Waals surface area contributed by atoms with Crippen molar-refractivity contribution in [2.24, 2.45) is 11.8 Å². The van der Waals surface area contributed by atoms with Gasteiger partial charge in [-0.25, -0.2) is 0 Å². The molecule has 1 amide bonds. The summed E-state index contributed by atoms with van der Waals surface area (Å²) in [6.45, 7) is 6.07. The molecule has 0 bridgehead atoms. The Balaban J connectivity index is 2.71. The number of nitrogens with one attached hydrogen (secondary N) is 1. The summed E-state index contributed by atoms with van der Waals surface area (Å²) >= 11 is 2.22. The minimum atomic E-state index is 0.0426. The Morgan fingerprint density at radius 1 is 1.27 bits per heavy atom. The topological polar surface area (TPSA) is 29.1 Å². The Bertz CT molecular complexity index is 349. The number of carbonyl (C=O) groups excluding carboxylic acids is 1. The van der Waals surface area contributed by atoms with E-state index in [9.17, 15) is 4.79 Å². The quantitative estimate of drug-likeness (QED) is 0.849. The molecular weight excluding hydrogens is 301 g/mol. The standard InChI is InChI=1S/C12H16INO/c1-8(2)9(3)12(15)14-11-7-5-4-6-10(11)13/h4-9H,1-3H3,(H,14,15). The van der Waals surface area contributed by atoms with Crippen LogP contribution < -0.4 is 5.32 Å². The summed E-state index contributed by atoms with van der Waals surface area (Å²) in [5.41, 5.74) is 0.899. The molecule has 0 aliphatic carbocycles. The van der Waals surface area contributed by atoms with Gasteiger partial charge in [-0.2, -0.15) is 0 Å². The number of rotatable bonds is 3. The van der Waals surface area contributed by atoms with Gasteiger partial charge in [0.2, 0.25) is 5.91 Å². The van der Waals surface area contributed by atoms with Crippen LogP contribution >= 0.6 is 22.6 Å². The van der Waals surface area contributed by atoms with Gasteiger partial charge in [0.25, 0.3) is 0 Å². The van der Waals surface area contributed by atoms with Gasteiger partial charge in [0.1, 0.15) is 0 Å². The maximum atomic E-state index is 11.8. The third-order valence-electron chi connectivity index (χ3n) is 2.55. The van der Waals surface area contributed by atoms with Crippen molar-refractivity contribution in [1.82, 2.24) is 0 Å². The van der Waals surface area contributed by atoms with Gasteiger partial charge in [-0.05, 0) is 40.6 Å². The molecule has 3 heteroatoms. The van der Waals surface area contributed by atoms with Gasteiger partial charge in [0.15, 0.2) is 0 Å². The van der Waals surface area contributed by atoms with Crippen LogP contribution in [0.2, 0.25) is 0 Å². The van der Waals surface area contributed by atoms with Crippen LogP contribution in [0.5, 0.6) is 0 Å². The summed E-state index contributed by atoms with van der Waals surface area (Å²) in [4.78, 5) is 11.8. The van der Waals surface area contributed by atoms with Crippen molar-refractivity contribution in [2.75, 3.05) is 5.32 Å². The van der Waals surface area contributed by atoms with Gasteiger partial charge in [-0.1, -0.05) is 32.9 Å². The van der Waals surface area contributed by atoms with E-state index in [0.29, 0.717) is 5.92 Å². The fourth-order valence-corrected chi connectivity index (χ4v) is 1.63. The predicted molar refractivity (Wildman–Crippen MR) is 71.8 cm³/mol. The molecule has 0 saturated carbocycles. The fourth-order valence-electron chi connectivity index (χ4n) is 1.11. The highest BCUT2D eigenvalue weighted by molar-refractivity contribution is 14.1. The number of para-hydroxylation sites is 1. The first-order valence-corrected chi connectivity index (χ1v) is 6.15. The molecule has 1 unspecified atom stereocenters. The third-order valence-corrected chi connectivity index (χ3v) is 3.49. The van der Waals surface area contributed by atoms with E-state index in [4.69, 9.17) is 0 Å². The van der Waals surface area contributed by atoms with Crippen LogP contribution in [0.25, 0.3) is 0 Å². The molecule has 0 aromatic heterocycles. The first-order chi connectivity index (χ1) is 7.02. The summed E-state index contributed by atoms with van der Waals surface area (Å²) in [7, 11) is 0. The summed E-state index contributed by atoms with van der Waals surface area (Å²) in [5.74, 6) is 0.501. The molecule has 0 radical (unpaired) electrons. The van der Waals surface area contributed by atoms with Crippen molar-refractivity contribution in [1.29, 1.82) is 0 Å². The summed E-state index contributed by atoms with van der Waals surface area (Å²) in [6, 6.07) is 7.80. The molecule has 1 aromatic carbocycles. The lowest BCUT2D eigenvalue weighted by atomic mass is 9.97. The second kappa shape index (κ2) is 5.49. The Morgan fingerprint density at radius 3 is 2.40 bits per heavy atom. The number of hydrogen-bond acceptors (Lipinski definition) is 1. The highest BCUT2D eigenvalue weighted by atomic mass is 127. The van der Waals surface area contributed by atoms with Crippen molar-refractivity contribution in [3.8, 4) is 0 Å². The molecular formula is C12H16INO. The Kier molecular flexibility index (Phi) is 4.57. The van der Waals surface area contributed by atoms with Crippen LogP contribution in [0.1, 0.15) is 20.8 Å². The van der Waals surface area contributed by atoms with Gasteiger partial charge in [-0.15, -0.1) is 0 Å². The van der Waals surface area contributed by atoms with Crippen LogP contribution in [0.4, 0.5) is 5.69 Å². The maximum Gasteiger partial charge on any atom is 0.227 e. The van der Waals surface area contributed by atoms with E-state index in [-0.39, 0.29) is 11.8 Å². The van der Waals surface area contributed by atoms with E-state index in [0.717, 1.165) is 9.26 Å². The number of halogens is 1. The van der Waals surface area contributed by atoms with E-state index in [1.807, 2.05) is 31.2 Å². The molecule has 82 valence electrons. The van der Waals surface area contributed by atoms with Crippen molar-refractivity contribution in [3.63, 3.8) is 0 Å². The molecule has 1 aromatic rings. The first kappa shape index (κ1) is 12.5. The molecule has 1 N–H and O–H groups in total. The van der Waals surface area contributed by atoms with Gasteiger partial charge >= 0.3 is 0 Å². The van der Waals surface area contributed by atoms with Gasteiger partial charge in [0, 0.05) is 9.49 Å². The molecule has 0 aliphatic heterocycles. The normalized spacial score (nSPS) is 12.6. The number of anilines is 1. The van der Waals surface area contributed by atoms with E-state index in [2.05, 4.69) is 41.8 Å². The summed E-state index contributed by atoms with van der Waals surface area (Å²) in [6.07, 6.45) is 0. The molecule has 2 nitrogen and oxygen atoms in total. The van der Waals surface area contributed by atoms with Crippen LogP contribution in [0.15, 0.2) is 24.3 Å². The predicted octanol–water partition coefficient (Wildman–Crippen LogP) is 3.52. The molecule has 1 atom stereocenters. The number of hydrogen-bond donors (Lipinski definition) is 1. The van der Waals surface area contributed by atoms with Crippen LogP contribution in [-0.4, -0.2) is 5.91 Å². The number of carbonyl (C=O) groups is 1. The highest BCUT2D eigenvalue weighted by Crippen LogP contribution is 2.19. The molecule has 0 aliphatic rings. The van der Waals surface area contributed by atoms with Crippen LogP contribution in [0, 0.1) is 15.4 Å². The molecule has 0 fully saturated rings. The largest absolute Gasteiger partial charge is 0.325 e. The lowest BCUT2D eigenvalue weighted by molar-refractivity contribution is -0.120. The van der Waals surface area contributed by atoms with E-state index >= 15 is 0 Å². The minimum absolute atomic E-state index is 0.0426. The minimum Gasteiger partial charge on any atom is -0.325 e. The zero-order valence-corrected chi connectivity index (χ0v) is 11.4. The smallest absolute Gasteiger partial charge is 0.227 e. The summed E-state index contributed by atoms with van der Waals surface area (Å²) < 4.78 is 1.07. The fraction of sp³-hybridized carbons (Fsp3) is 0.417. The van der Waals surface area contributed by atoms with Crippen molar-refractivity contribution >= 4 is 34.2 Å². The number of benzene rings is 1. The lowest BCUT2D eigenvalue weighted by Crippen LogP contribution is -2.24. The second-order valence-electron chi connectivity index (χ2n) is 4.00. The Labute approximate surface area is 105 Å². The maximum absolute atomic E-state index is 11.8. The second-order valence-corrected chi connectivity index (χ2v) is 5.16. The average Bonchev–Trinajstić information content (AvgIpc) is 2.20. The highest BCUT2D eigenvalue weighted by Gasteiger charge is 2.16. The van der Waals surface area contributed by atoms with Crippen molar-refractivity contribution in [2.45, 2.75) is 20.8 Å². The van der Waals surface area contributed by atoms with Gasteiger partial charge < -0.3 is 5.32 Å². The number of amides is 1. The zero-order chi connectivity index (χ0) is 11.4. The molecule has 1 rings (SSSR count). The third kappa shape index (κ3) is 3.48.